The van der Waals surface area contributed by atoms with Crippen LogP contribution in [0.1, 0.15) is 12.5 Å². The molecule has 7 nitrogen and oxygen atoms in total. The van der Waals surface area contributed by atoms with E-state index in [0.717, 1.165) is 30.3 Å². The fourth-order valence-electron chi connectivity index (χ4n) is 3.32. The number of hydrogen-bond donors (Lipinski definition) is 1. The Kier molecular flexibility index (Phi) is 6.80. The van der Waals surface area contributed by atoms with Crippen molar-refractivity contribution in [3.05, 3.63) is 59.1 Å². The van der Waals surface area contributed by atoms with Crippen LogP contribution in [-0.4, -0.2) is 52.2 Å². The first-order valence-electron chi connectivity index (χ1n) is 10.1. The molecule has 3 aromatic rings. The summed E-state index contributed by atoms with van der Waals surface area (Å²) in [6, 6.07) is 15.2. The summed E-state index contributed by atoms with van der Waals surface area (Å²) in [6.45, 7) is 6.74. The monoisotopic (exact) mass is 457 g/mol. The smallest absolute Gasteiger partial charge is 0.237 e. The van der Waals surface area contributed by atoms with Gasteiger partial charge in [-0.15, -0.1) is 10.2 Å². The van der Waals surface area contributed by atoms with Gasteiger partial charge in [-0.25, -0.2) is 0 Å². The minimum Gasteiger partial charge on any atom is -0.378 e. The van der Waals surface area contributed by atoms with Crippen molar-refractivity contribution in [3.8, 4) is 5.69 Å². The number of ether oxygens (including phenoxy) is 1. The van der Waals surface area contributed by atoms with Crippen molar-refractivity contribution < 1.29 is 9.53 Å². The van der Waals surface area contributed by atoms with E-state index in [9.17, 15) is 4.79 Å². The van der Waals surface area contributed by atoms with Crippen LogP contribution in [0.2, 0.25) is 5.02 Å². The molecule has 1 atom stereocenters. The summed E-state index contributed by atoms with van der Waals surface area (Å²) in [5.41, 5.74) is 2.81. The van der Waals surface area contributed by atoms with Crippen LogP contribution >= 0.6 is 23.4 Å². The average molecular weight is 458 g/mol. The van der Waals surface area contributed by atoms with Gasteiger partial charge in [-0.1, -0.05) is 41.6 Å². The van der Waals surface area contributed by atoms with E-state index in [1.807, 2.05) is 29.7 Å². The number of carbonyl (C=O) groups is 1. The fourth-order valence-corrected chi connectivity index (χ4v) is 4.30. The zero-order valence-electron chi connectivity index (χ0n) is 17.4. The van der Waals surface area contributed by atoms with Gasteiger partial charge in [0.2, 0.25) is 11.9 Å². The molecule has 1 unspecified atom stereocenters. The van der Waals surface area contributed by atoms with Crippen LogP contribution in [0.5, 0.6) is 0 Å². The normalized spacial score (nSPS) is 15.0. The summed E-state index contributed by atoms with van der Waals surface area (Å²) in [4.78, 5) is 14.9. The predicted octanol–water partition coefficient (Wildman–Crippen LogP) is 4.19. The SMILES string of the molecule is Cc1ccccc1-n1c(SC(C)C(=O)Nc2ccc(Cl)cc2)nnc1N1CCOCC1. The molecule has 1 aliphatic rings. The highest BCUT2D eigenvalue weighted by atomic mass is 35.5. The fraction of sp³-hybridized carbons (Fsp3) is 0.318. The van der Waals surface area contributed by atoms with Crippen LogP contribution < -0.4 is 10.2 Å². The van der Waals surface area contributed by atoms with Gasteiger partial charge in [-0.05, 0) is 49.7 Å². The second-order valence-corrected chi connectivity index (χ2v) is 9.00. The Morgan fingerprint density at radius 1 is 1.13 bits per heavy atom. The molecule has 4 rings (SSSR count). The molecular formula is C22H24ClN5O2S. The van der Waals surface area contributed by atoms with Crippen molar-refractivity contribution in [2.75, 3.05) is 36.5 Å². The van der Waals surface area contributed by atoms with Crippen molar-refractivity contribution in [2.45, 2.75) is 24.3 Å². The lowest BCUT2D eigenvalue weighted by atomic mass is 10.2. The molecule has 0 spiro atoms. The molecule has 1 N–H and O–H groups in total. The highest BCUT2D eigenvalue weighted by Gasteiger charge is 2.25. The Hall–Kier alpha value is -2.55. The number of para-hydroxylation sites is 1. The van der Waals surface area contributed by atoms with Crippen LogP contribution in [0.25, 0.3) is 5.69 Å². The van der Waals surface area contributed by atoms with Gasteiger partial charge in [0.15, 0.2) is 5.16 Å². The lowest BCUT2D eigenvalue weighted by Gasteiger charge is -2.28. The number of hydrogen-bond acceptors (Lipinski definition) is 6. The topological polar surface area (TPSA) is 72.3 Å². The number of anilines is 2. The lowest BCUT2D eigenvalue weighted by molar-refractivity contribution is -0.115. The quantitative estimate of drug-likeness (QED) is 0.560. The number of halogens is 1. The number of amides is 1. The van der Waals surface area contributed by atoms with E-state index in [2.05, 4.69) is 33.4 Å². The number of rotatable bonds is 6. The van der Waals surface area contributed by atoms with Gasteiger partial charge in [0.1, 0.15) is 0 Å². The van der Waals surface area contributed by atoms with Gasteiger partial charge in [-0.3, -0.25) is 9.36 Å². The standard InChI is InChI=1S/C22H24ClN5O2S/c1-15-5-3-4-6-19(15)28-21(27-11-13-30-14-12-27)25-26-22(28)31-16(2)20(29)24-18-9-7-17(23)8-10-18/h3-10,16H,11-14H2,1-2H3,(H,24,29). The van der Waals surface area contributed by atoms with Gasteiger partial charge in [0.25, 0.3) is 0 Å². The second kappa shape index (κ2) is 9.72. The Morgan fingerprint density at radius 2 is 1.84 bits per heavy atom. The number of morpholine rings is 1. The second-order valence-electron chi connectivity index (χ2n) is 7.26. The summed E-state index contributed by atoms with van der Waals surface area (Å²) >= 11 is 7.31. The largest absolute Gasteiger partial charge is 0.378 e. The molecule has 1 fully saturated rings. The van der Waals surface area contributed by atoms with Crippen molar-refractivity contribution in [1.82, 2.24) is 14.8 Å². The molecule has 2 heterocycles. The number of carbonyl (C=O) groups excluding carboxylic acids is 1. The summed E-state index contributed by atoms with van der Waals surface area (Å²) < 4.78 is 7.53. The molecule has 9 heteroatoms. The number of aryl methyl sites for hydroxylation is 1. The maximum Gasteiger partial charge on any atom is 0.237 e. The van der Waals surface area contributed by atoms with E-state index in [0.29, 0.717) is 29.1 Å². The Balaban J connectivity index is 1.60. The number of thioether (sulfide) groups is 1. The van der Waals surface area contributed by atoms with Crippen molar-refractivity contribution in [2.24, 2.45) is 0 Å². The Bertz CT molecular complexity index is 1050. The lowest BCUT2D eigenvalue weighted by Crippen LogP contribution is -2.38. The minimum atomic E-state index is -0.375. The van der Waals surface area contributed by atoms with E-state index in [1.54, 1.807) is 24.3 Å². The van der Waals surface area contributed by atoms with Gasteiger partial charge in [0.05, 0.1) is 24.2 Å². The third kappa shape index (κ3) is 5.03. The highest BCUT2D eigenvalue weighted by molar-refractivity contribution is 8.00. The summed E-state index contributed by atoms with van der Waals surface area (Å²) in [6.07, 6.45) is 0. The molecular weight excluding hydrogens is 434 g/mol. The van der Waals surface area contributed by atoms with Crippen LogP contribution in [-0.2, 0) is 9.53 Å². The molecule has 2 aromatic carbocycles. The van der Waals surface area contributed by atoms with Crippen LogP contribution in [0.15, 0.2) is 53.7 Å². The van der Waals surface area contributed by atoms with E-state index in [-0.39, 0.29) is 11.2 Å². The van der Waals surface area contributed by atoms with Crippen LogP contribution in [0.3, 0.4) is 0 Å². The third-order valence-corrected chi connectivity index (χ3v) is 6.32. The van der Waals surface area contributed by atoms with Crippen LogP contribution in [0, 0.1) is 6.92 Å². The third-order valence-electron chi connectivity index (χ3n) is 5.03. The summed E-state index contributed by atoms with van der Waals surface area (Å²) in [7, 11) is 0. The first-order valence-corrected chi connectivity index (χ1v) is 11.4. The number of nitrogens with zero attached hydrogens (tertiary/aromatic N) is 4. The molecule has 0 radical (unpaired) electrons. The average Bonchev–Trinajstić information content (AvgIpc) is 3.19. The van der Waals surface area contributed by atoms with Crippen molar-refractivity contribution in [1.29, 1.82) is 0 Å². The number of nitrogens with one attached hydrogen (secondary N) is 1. The summed E-state index contributed by atoms with van der Waals surface area (Å²) in [5.74, 6) is 0.657. The van der Waals surface area contributed by atoms with Gasteiger partial charge >= 0.3 is 0 Å². The summed E-state index contributed by atoms with van der Waals surface area (Å²) in [5, 5.41) is 12.8. The van der Waals surface area contributed by atoms with Crippen LogP contribution in [0.4, 0.5) is 11.6 Å². The number of benzene rings is 2. The maximum atomic E-state index is 12.8. The first kappa shape index (κ1) is 21.7. The number of aromatic nitrogens is 3. The van der Waals surface area contributed by atoms with E-state index in [1.165, 1.54) is 11.8 Å². The zero-order chi connectivity index (χ0) is 21.8. The van der Waals surface area contributed by atoms with Gasteiger partial charge in [0, 0.05) is 23.8 Å². The molecule has 1 aromatic heterocycles. The van der Waals surface area contributed by atoms with Gasteiger partial charge in [-0.2, -0.15) is 0 Å². The molecule has 0 aliphatic carbocycles. The molecule has 31 heavy (non-hydrogen) atoms. The predicted molar refractivity (Wildman–Crippen MR) is 125 cm³/mol. The van der Waals surface area contributed by atoms with E-state index >= 15 is 0 Å². The zero-order valence-corrected chi connectivity index (χ0v) is 19.0. The van der Waals surface area contributed by atoms with Crippen molar-refractivity contribution >= 4 is 40.9 Å². The Labute approximate surface area is 190 Å². The van der Waals surface area contributed by atoms with E-state index in [4.69, 9.17) is 16.3 Å². The maximum absolute atomic E-state index is 12.8. The van der Waals surface area contributed by atoms with Gasteiger partial charge < -0.3 is 15.0 Å². The van der Waals surface area contributed by atoms with Crippen molar-refractivity contribution in [3.63, 3.8) is 0 Å². The highest BCUT2D eigenvalue weighted by Crippen LogP contribution is 2.31. The first-order chi connectivity index (χ1) is 15.0. The molecule has 1 amide bonds. The Morgan fingerprint density at radius 3 is 2.55 bits per heavy atom. The minimum absolute atomic E-state index is 0.112. The molecule has 1 aliphatic heterocycles. The molecule has 0 saturated carbocycles. The molecule has 1 saturated heterocycles. The molecule has 162 valence electrons. The van der Waals surface area contributed by atoms with E-state index < -0.39 is 0 Å². The molecule has 0 bridgehead atoms.